The molecule has 0 aliphatic heterocycles. The molecule has 0 aliphatic carbocycles. The van der Waals surface area contributed by atoms with Crippen LogP contribution in [0.1, 0.15) is 84.0 Å². The Balaban J connectivity index is 2.92. The minimum absolute atomic E-state index is 0.541. The van der Waals surface area contributed by atoms with Crippen molar-refractivity contribution in [2.45, 2.75) is 84.0 Å². The molecule has 0 aromatic heterocycles. The average Bonchev–Trinajstić information content (AvgIpc) is 2.34. The standard InChI is InChI=1S/C15H30NO2/c1-2-3-4-5-6-7-8-9-10-11-12-13-14-16-15(17)18/h16H,2-14H2,1H3. The maximum absolute atomic E-state index is 10.1. The van der Waals surface area contributed by atoms with Crippen LogP contribution in [0, 0.1) is 0 Å². The van der Waals surface area contributed by atoms with Gasteiger partial charge in [0.25, 0.3) is 0 Å². The summed E-state index contributed by atoms with van der Waals surface area (Å²) < 4.78 is 0. The summed E-state index contributed by atoms with van der Waals surface area (Å²) in [4.78, 5) is 10.1. The SMILES string of the molecule is CCCCCCCCCCCCCCNC([O])=O. The van der Waals surface area contributed by atoms with Crippen LogP contribution < -0.4 is 5.32 Å². The van der Waals surface area contributed by atoms with Crippen molar-refractivity contribution in [2.24, 2.45) is 0 Å². The topological polar surface area (TPSA) is 49.0 Å². The van der Waals surface area contributed by atoms with Crippen LogP contribution in [0.4, 0.5) is 4.79 Å². The van der Waals surface area contributed by atoms with Crippen molar-refractivity contribution in [2.75, 3.05) is 6.54 Å². The van der Waals surface area contributed by atoms with E-state index in [0.29, 0.717) is 6.54 Å². The van der Waals surface area contributed by atoms with E-state index in [0.717, 1.165) is 12.8 Å². The highest BCUT2D eigenvalue weighted by Crippen LogP contribution is 2.11. The molecule has 107 valence electrons. The van der Waals surface area contributed by atoms with Crippen molar-refractivity contribution in [3.8, 4) is 0 Å². The predicted octanol–water partition coefficient (Wildman–Crippen LogP) is 4.83. The summed E-state index contributed by atoms with van der Waals surface area (Å²) in [5.74, 6) is 0. The Morgan fingerprint density at radius 3 is 1.50 bits per heavy atom. The van der Waals surface area contributed by atoms with E-state index in [9.17, 15) is 9.90 Å². The van der Waals surface area contributed by atoms with Gasteiger partial charge in [0.15, 0.2) is 0 Å². The quantitative estimate of drug-likeness (QED) is 0.471. The lowest BCUT2D eigenvalue weighted by atomic mass is 10.1. The molecular weight excluding hydrogens is 226 g/mol. The summed E-state index contributed by atoms with van der Waals surface area (Å²) in [6.07, 6.45) is 14.4. The summed E-state index contributed by atoms with van der Waals surface area (Å²) in [5, 5.41) is 12.4. The molecule has 0 fully saturated rings. The van der Waals surface area contributed by atoms with Gasteiger partial charge in [0.1, 0.15) is 0 Å². The van der Waals surface area contributed by atoms with Crippen molar-refractivity contribution in [3.05, 3.63) is 0 Å². The third-order valence-electron chi connectivity index (χ3n) is 3.30. The minimum atomic E-state index is -1.15. The van der Waals surface area contributed by atoms with Gasteiger partial charge in [-0.1, -0.05) is 77.6 Å². The first-order chi connectivity index (χ1) is 8.77. The number of nitrogens with one attached hydrogen (secondary N) is 1. The summed E-state index contributed by atoms with van der Waals surface area (Å²) in [6, 6.07) is 0. The zero-order valence-corrected chi connectivity index (χ0v) is 12.0. The van der Waals surface area contributed by atoms with Crippen molar-refractivity contribution >= 4 is 6.09 Å². The van der Waals surface area contributed by atoms with Gasteiger partial charge in [-0.3, -0.25) is 0 Å². The Hall–Kier alpha value is -0.730. The van der Waals surface area contributed by atoms with Gasteiger partial charge in [-0.25, -0.2) is 9.90 Å². The van der Waals surface area contributed by atoms with Crippen LogP contribution in [0.15, 0.2) is 0 Å². The Kier molecular flexibility index (Phi) is 13.8. The van der Waals surface area contributed by atoms with Crippen molar-refractivity contribution in [3.63, 3.8) is 0 Å². The molecule has 0 unspecified atom stereocenters. The van der Waals surface area contributed by atoms with Crippen LogP contribution in [0.2, 0.25) is 0 Å². The van der Waals surface area contributed by atoms with E-state index in [1.54, 1.807) is 0 Å². The molecule has 0 rings (SSSR count). The first-order valence-electron chi connectivity index (χ1n) is 7.72. The predicted molar refractivity (Wildman–Crippen MR) is 75.2 cm³/mol. The fourth-order valence-electron chi connectivity index (χ4n) is 2.16. The highest BCUT2D eigenvalue weighted by Gasteiger charge is 1.96. The number of unbranched alkanes of at least 4 members (excludes halogenated alkanes) is 11. The van der Waals surface area contributed by atoms with Crippen LogP contribution in [-0.4, -0.2) is 12.6 Å². The Morgan fingerprint density at radius 2 is 1.11 bits per heavy atom. The largest absolute Gasteiger partial charge is 0.450 e. The number of carbonyl (C=O) groups is 1. The molecule has 3 nitrogen and oxygen atoms in total. The van der Waals surface area contributed by atoms with Crippen molar-refractivity contribution < 1.29 is 9.90 Å². The summed E-state index contributed by atoms with van der Waals surface area (Å²) in [6.45, 7) is 2.79. The second-order valence-corrected chi connectivity index (χ2v) is 5.10. The molecule has 0 bridgehead atoms. The molecule has 0 atom stereocenters. The molecule has 1 N–H and O–H groups in total. The van der Waals surface area contributed by atoms with Gasteiger partial charge in [-0.2, -0.15) is 0 Å². The second kappa shape index (κ2) is 14.3. The smallest absolute Gasteiger partial charge is 0.318 e. The fraction of sp³-hybridized carbons (Fsp3) is 0.933. The van der Waals surface area contributed by atoms with E-state index < -0.39 is 6.09 Å². The number of hydrogen-bond acceptors (Lipinski definition) is 1. The molecule has 0 saturated heterocycles. The lowest BCUT2D eigenvalue weighted by Gasteiger charge is -2.02. The summed E-state index contributed by atoms with van der Waals surface area (Å²) in [7, 11) is 0. The number of rotatable bonds is 13. The van der Waals surface area contributed by atoms with E-state index >= 15 is 0 Å². The highest BCUT2D eigenvalue weighted by molar-refractivity contribution is 5.63. The molecule has 0 heterocycles. The maximum atomic E-state index is 10.1. The normalized spacial score (nSPS) is 10.5. The average molecular weight is 256 g/mol. The zero-order valence-electron chi connectivity index (χ0n) is 12.0. The van der Waals surface area contributed by atoms with E-state index in [-0.39, 0.29) is 0 Å². The molecular formula is C15H30NO2. The molecule has 18 heavy (non-hydrogen) atoms. The van der Waals surface area contributed by atoms with Crippen molar-refractivity contribution in [1.82, 2.24) is 5.32 Å². The minimum Gasteiger partial charge on any atom is -0.318 e. The second-order valence-electron chi connectivity index (χ2n) is 5.10. The molecule has 3 heteroatoms. The Labute approximate surface area is 112 Å². The fourth-order valence-corrected chi connectivity index (χ4v) is 2.16. The number of carbonyl (C=O) groups excluding carboxylic acids is 1. The lowest BCUT2D eigenvalue weighted by Crippen LogP contribution is -2.20. The van der Waals surface area contributed by atoms with Gasteiger partial charge in [0.2, 0.25) is 0 Å². The molecule has 0 aromatic carbocycles. The zero-order chi connectivity index (χ0) is 13.5. The maximum Gasteiger partial charge on any atom is 0.450 e. The highest BCUT2D eigenvalue weighted by atomic mass is 16.4. The van der Waals surface area contributed by atoms with Gasteiger partial charge in [-0.05, 0) is 6.42 Å². The van der Waals surface area contributed by atoms with Crippen LogP contribution in [0.5, 0.6) is 0 Å². The van der Waals surface area contributed by atoms with Crippen LogP contribution in [-0.2, 0) is 5.11 Å². The van der Waals surface area contributed by atoms with Crippen LogP contribution >= 0.6 is 0 Å². The first kappa shape index (κ1) is 17.3. The monoisotopic (exact) mass is 256 g/mol. The summed E-state index contributed by atoms with van der Waals surface area (Å²) in [5.41, 5.74) is 0. The van der Waals surface area contributed by atoms with E-state index in [2.05, 4.69) is 12.2 Å². The number of amides is 1. The van der Waals surface area contributed by atoms with E-state index in [4.69, 9.17) is 0 Å². The molecule has 1 amide bonds. The lowest BCUT2D eigenvalue weighted by molar-refractivity contribution is 0.168. The molecule has 0 saturated carbocycles. The Morgan fingerprint density at radius 1 is 0.722 bits per heavy atom. The van der Waals surface area contributed by atoms with Gasteiger partial charge in [0, 0.05) is 6.54 Å². The molecule has 1 radical (unpaired) electrons. The van der Waals surface area contributed by atoms with E-state index in [1.807, 2.05) is 0 Å². The van der Waals surface area contributed by atoms with Gasteiger partial charge < -0.3 is 5.32 Å². The van der Waals surface area contributed by atoms with Crippen LogP contribution in [0.25, 0.3) is 0 Å². The molecule has 0 aliphatic rings. The third kappa shape index (κ3) is 15.3. The van der Waals surface area contributed by atoms with Gasteiger partial charge in [0.05, 0.1) is 0 Å². The first-order valence-corrected chi connectivity index (χ1v) is 7.72. The van der Waals surface area contributed by atoms with Crippen LogP contribution in [0.3, 0.4) is 0 Å². The third-order valence-corrected chi connectivity index (χ3v) is 3.30. The van der Waals surface area contributed by atoms with Gasteiger partial charge in [-0.15, -0.1) is 0 Å². The Bertz CT molecular complexity index is 183. The number of hydrogen-bond donors (Lipinski definition) is 1. The van der Waals surface area contributed by atoms with Crippen molar-refractivity contribution in [1.29, 1.82) is 0 Å². The van der Waals surface area contributed by atoms with E-state index in [1.165, 1.54) is 64.2 Å². The summed E-state index contributed by atoms with van der Waals surface area (Å²) >= 11 is 0. The molecule has 0 spiro atoms. The van der Waals surface area contributed by atoms with Gasteiger partial charge >= 0.3 is 6.09 Å². The molecule has 0 aromatic rings.